The maximum atomic E-state index is 13.1. The van der Waals surface area contributed by atoms with Gasteiger partial charge in [0, 0.05) is 12.0 Å². The molecule has 1 aliphatic rings. The summed E-state index contributed by atoms with van der Waals surface area (Å²) in [6, 6.07) is 11.8. The number of para-hydroxylation sites is 1. The number of halogens is 3. The van der Waals surface area contributed by atoms with Crippen LogP contribution in [0.25, 0.3) is 0 Å². The fourth-order valence-electron chi connectivity index (χ4n) is 3.48. The summed E-state index contributed by atoms with van der Waals surface area (Å²) in [5.41, 5.74) is 0.795. The Morgan fingerprint density at radius 3 is 2.43 bits per heavy atom. The number of anilines is 1. The van der Waals surface area contributed by atoms with E-state index < -0.39 is 29.7 Å². The van der Waals surface area contributed by atoms with Crippen LogP contribution in [0.2, 0.25) is 0 Å². The second-order valence-corrected chi connectivity index (χ2v) is 6.65. The van der Waals surface area contributed by atoms with Crippen molar-refractivity contribution < 1.29 is 32.4 Å². The van der Waals surface area contributed by atoms with Gasteiger partial charge in [0.05, 0.1) is 18.4 Å². The third-order valence-electron chi connectivity index (χ3n) is 4.83. The van der Waals surface area contributed by atoms with Crippen LogP contribution in [0, 0.1) is 0 Å². The normalized spacial score (nSPS) is 18.9. The molecule has 148 valence electrons. The molecule has 0 aromatic heterocycles. The maximum Gasteiger partial charge on any atom is 0.418 e. The van der Waals surface area contributed by atoms with Crippen molar-refractivity contribution >= 4 is 17.6 Å². The SMILES string of the molecule is COC(=O)[C@@H]1Cc2ccccc2C[NH+]1CC(=O)Nc1ccccc1C(F)(F)F. The topological polar surface area (TPSA) is 59.8 Å². The van der Waals surface area contributed by atoms with E-state index in [-0.39, 0.29) is 12.2 Å². The Bertz CT molecular complexity index is 883. The lowest BCUT2D eigenvalue weighted by Gasteiger charge is -2.31. The summed E-state index contributed by atoms with van der Waals surface area (Å²) in [4.78, 5) is 25.3. The van der Waals surface area contributed by atoms with Gasteiger partial charge in [-0.05, 0) is 17.7 Å². The van der Waals surface area contributed by atoms with Gasteiger partial charge in [-0.1, -0.05) is 36.4 Å². The first-order chi connectivity index (χ1) is 13.3. The van der Waals surface area contributed by atoms with E-state index in [1.807, 2.05) is 24.3 Å². The minimum Gasteiger partial charge on any atom is -0.465 e. The number of hydrogen-bond acceptors (Lipinski definition) is 3. The number of fused-ring (bicyclic) bond motifs is 1. The Balaban J connectivity index is 1.78. The van der Waals surface area contributed by atoms with Crippen LogP contribution >= 0.6 is 0 Å². The van der Waals surface area contributed by atoms with Crippen molar-refractivity contribution in [3.05, 3.63) is 65.2 Å². The number of esters is 1. The second kappa shape index (κ2) is 8.02. The highest BCUT2D eigenvalue weighted by atomic mass is 19.4. The molecule has 0 spiro atoms. The van der Waals surface area contributed by atoms with Crippen molar-refractivity contribution in [1.29, 1.82) is 0 Å². The van der Waals surface area contributed by atoms with E-state index in [1.54, 1.807) is 0 Å². The first kappa shape index (κ1) is 19.9. The molecule has 0 aliphatic carbocycles. The lowest BCUT2D eigenvalue weighted by atomic mass is 9.94. The van der Waals surface area contributed by atoms with Crippen LogP contribution in [-0.4, -0.2) is 31.6 Å². The Labute approximate surface area is 160 Å². The smallest absolute Gasteiger partial charge is 0.418 e. The lowest BCUT2D eigenvalue weighted by Crippen LogP contribution is -3.17. The molecule has 28 heavy (non-hydrogen) atoms. The van der Waals surface area contributed by atoms with Gasteiger partial charge in [0.25, 0.3) is 5.91 Å². The monoisotopic (exact) mass is 393 g/mol. The van der Waals surface area contributed by atoms with Crippen LogP contribution in [-0.2, 0) is 33.5 Å². The summed E-state index contributed by atoms with van der Waals surface area (Å²) in [7, 11) is 1.28. The maximum absolute atomic E-state index is 13.1. The fourth-order valence-corrected chi connectivity index (χ4v) is 3.48. The molecule has 5 nitrogen and oxygen atoms in total. The van der Waals surface area contributed by atoms with Crippen LogP contribution in [0.1, 0.15) is 16.7 Å². The summed E-state index contributed by atoms with van der Waals surface area (Å²) in [6.45, 7) is 0.255. The van der Waals surface area contributed by atoms with Gasteiger partial charge in [0.15, 0.2) is 12.6 Å². The molecular weight excluding hydrogens is 373 g/mol. The highest BCUT2D eigenvalue weighted by Crippen LogP contribution is 2.34. The first-order valence-electron chi connectivity index (χ1n) is 8.75. The van der Waals surface area contributed by atoms with Crippen molar-refractivity contribution in [2.45, 2.75) is 25.2 Å². The zero-order chi connectivity index (χ0) is 20.3. The highest BCUT2D eigenvalue weighted by Gasteiger charge is 2.38. The molecule has 2 aromatic rings. The molecule has 2 aromatic carbocycles. The molecule has 8 heteroatoms. The fraction of sp³-hybridized carbons (Fsp3) is 0.300. The number of hydrogen-bond donors (Lipinski definition) is 2. The van der Waals surface area contributed by atoms with E-state index in [1.165, 1.54) is 25.3 Å². The summed E-state index contributed by atoms with van der Waals surface area (Å²) < 4.78 is 44.2. The van der Waals surface area contributed by atoms with E-state index in [0.29, 0.717) is 17.9 Å². The average Bonchev–Trinajstić information content (AvgIpc) is 2.66. The molecule has 2 atom stereocenters. The second-order valence-electron chi connectivity index (χ2n) is 6.65. The van der Waals surface area contributed by atoms with E-state index >= 15 is 0 Å². The van der Waals surface area contributed by atoms with Crippen molar-refractivity contribution in [2.75, 3.05) is 19.0 Å². The van der Waals surface area contributed by atoms with Crippen molar-refractivity contribution in [3.8, 4) is 0 Å². The van der Waals surface area contributed by atoms with Gasteiger partial charge in [0.2, 0.25) is 0 Å². The van der Waals surface area contributed by atoms with Gasteiger partial charge in [-0.15, -0.1) is 0 Å². The minimum atomic E-state index is -4.57. The third-order valence-corrected chi connectivity index (χ3v) is 4.83. The summed E-state index contributed by atoms with van der Waals surface area (Å²) >= 11 is 0. The zero-order valence-corrected chi connectivity index (χ0v) is 15.2. The van der Waals surface area contributed by atoms with Gasteiger partial charge in [-0.2, -0.15) is 13.2 Å². The molecule has 1 amide bonds. The van der Waals surface area contributed by atoms with E-state index in [2.05, 4.69) is 5.32 Å². The summed E-state index contributed by atoms with van der Waals surface area (Å²) in [5, 5.41) is 2.33. The van der Waals surface area contributed by atoms with Crippen LogP contribution in [0.5, 0.6) is 0 Å². The van der Waals surface area contributed by atoms with Gasteiger partial charge in [-0.25, -0.2) is 4.79 Å². The Hall–Kier alpha value is -2.87. The first-order valence-corrected chi connectivity index (χ1v) is 8.75. The van der Waals surface area contributed by atoms with Crippen LogP contribution < -0.4 is 10.2 Å². The average molecular weight is 393 g/mol. The van der Waals surface area contributed by atoms with E-state index in [4.69, 9.17) is 4.74 Å². The van der Waals surface area contributed by atoms with E-state index in [9.17, 15) is 22.8 Å². The predicted octanol–water partition coefficient (Wildman–Crippen LogP) is 1.83. The molecule has 1 heterocycles. The molecule has 1 aliphatic heterocycles. The van der Waals surface area contributed by atoms with Gasteiger partial charge < -0.3 is 15.0 Å². The molecule has 0 saturated carbocycles. The molecular formula is C20H20F3N2O3+. The predicted molar refractivity (Wildman–Crippen MR) is 95.6 cm³/mol. The van der Waals surface area contributed by atoms with Crippen LogP contribution in [0.15, 0.2) is 48.5 Å². The van der Waals surface area contributed by atoms with Gasteiger partial charge in [-0.3, -0.25) is 4.79 Å². The van der Waals surface area contributed by atoms with Crippen molar-refractivity contribution in [3.63, 3.8) is 0 Å². The quantitative estimate of drug-likeness (QED) is 0.780. The Kier molecular flexibility index (Phi) is 5.69. The minimum absolute atomic E-state index is 0.152. The highest BCUT2D eigenvalue weighted by molar-refractivity contribution is 5.92. The molecule has 3 rings (SSSR count). The number of rotatable bonds is 4. The molecule has 1 unspecified atom stereocenters. The third kappa shape index (κ3) is 4.33. The summed E-state index contributed by atoms with van der Waals surface area (Å²) in [6.07, 6.45) is -4.17. The van der Waals surface area contributed by atoms with Crippen LogP contribution in [0.3, 0.4) is 0 Å². The standard InChI is InChI=1S/C20H19F3N2O3/c1-28-19(27)17-10-13-6-2-3-7-14(13)11-25(17)12-18(26)24-16-9-5-4-8-15(16)20(21,22)23/h2-9,17H,10-12H2,1H3,(H,24,26)/p+1/t17-/m0/s1. The molecule has 0 fully saturated rings. The molecule has 2 N–H and O–H groups in total. The van der Waals surface area contributed by atoms with Crippen molar-refractivity contribution in [1.82, 2.24) is 0 Å². The number of alkyl halides is 3. The number of methoxy groups -OCH3 is 1. The number of quaternary nitrogens is 1. The molecule has 0 radical (unpaired) electrons. The number of benzene rings is 2. The van der Waals surface area contributed by atoms with Gasteiger partial charge >= 0.3 is 12.1 Å². The number of carbonyl (C=O) groups is 2. The number of nitrogens with one attached hydrogen (secondary N) is 2. The lowest BCUT2D eigenvalue weighted by molar-refractivity contribution is -0.924. The Morgan fingerprint density at radius 1 is 1.11 bits per heavy atom. The molecule has 0 bridgehead atoms. The van der Waals surface area contributed by atoms with E-state index in [0.717, 1.165) is 17.2 Å². The van der Waals surface area contributed by atoms with Gasteiger partial charge in [0.1, 0.15) is 6.54 Å². The Morgan fingerprint density at radius 2 is 1.75 bits per heavy atom. The van der Waals surface area contributed by atoms with Crippen molar-refractivity contribution in [2.24, 2.45) is 0 Å². The van der Waals surface area contributed by atoms with Crippen LogP contribution in [0.4, 0.5) is 18.9 Å². The molecule has 0 saturated heterocycles. The number of ether oxygens (including phenoxy) is 1. The number of amides is 1. The largest absolute Gasteiger partial charge is 0.465 e. The summed E-state index contributed by atoms with van der Waals surface area (Å²) in [5.74, 6) is -1.05. The zero-order valence-electron chi connectivity index (χ0n) is 15.2. The number of carbonyl (C=O) groups excluding carboxylic acids is 2.